The van der Waals surface area contributed by atoms with Crippen LogP contribution in [0.25, 0.3) is 11.3 Å². The lowest BCUT2D eigenvalue weighted by Gasteiger charge is -2.13. The predicted octanol–water partition coefficient (Wildman–Crippen LogP) is 6.93. The third-order valence-corrected chi connectivity index (χ3v) is 6.25. The number of nitrogens with one attached hydrogen (secondary N) is 2. The average Bonchev–Trinajstić information content (AvgIpc) is 3.25. The van der Waals surface area contributed by atoms with Gasteiger partial charge in [-0.2, -0.15) is 0 Å². The number of carbonyl (C=O) groups excluding carboxylic acids is 1. The molecule has 4 nitrogen and oxygen atoms in total. The Morgan fingerprint density at radius 2 is 1.81 bits per heavy atom. The Balaban J connectivity index is 1.45. The van der Waals surface area contributed by atoms with E-state index in [-0.39, 0.29) is 11.3 Å². The summed E-state index contributed by atoms with van der Waals surface area (Å²) in [6, 6.07) is 20.5. The van der Waals surface area contributed by atoms with Crippen LogP contribution in [-0.4, -0.2) is 17.4 Å². The Hall–Kier alpha value is -3.03. The molecule has 0 aliphatic heterocycles. The highest BCUT2D eigenvalue weighted by molar-refractivity contribution is 9.10. The first-order valence-corrected chi connectivity index (χ1v) is 11.8. The summed E-state index contributed by atoms with van der Waals surface area (Å²) < 4.78 is 15.5. The normalized spacial score (nSPS) is 10.7. The smallest absolute Gasteiger partial charge is 0.259 e. The molecule has 0 bridgehead atoms. The van der Waals surface area contributed by atoms with E-state index < -0.39 is 11.7 Å². The van der Waals surface area contributed by atoms with Gasteiger partial charge in [0.05, 0.1) is 16.9 Å². The summed E-state index contributed by atoms with van der Waals surface area (Å²) in [5, 5.41) is 8.23. The maximum absolute atomic E-state index is 14.5. The standard InChI is InChI=1S/C25H21BrFN3OS/c1-16-5-7-17(8-6-16)13-14-28-23-20(3-2-4-21(23)27)24(31)30-25-29-22(15-32-25)18-9-11-19(26)12-10-18/h2-12,15,28H,13-14H2,1H3,(H,29,30,31). The molecule has 0 fully saturated rings. The first-order chi connectivity index (χ1) is 15.5. The largest absolute Gasteiger partial charge is 0.382 e. The van der Waals surface area contributed by atoms with Gasteiger partial charge in [-0.05, 0) is 43.2 Å². The van der Waals surface area contributed by atoms with E-state index in [4.69, 9.17) is 0 Å². The van der Waals surface area contributed by atoms with Crippen molar-refractivity contribution < 1.29 is 9.18 Å². The second-order valence-corrected chi connectivity index (χ2v) is 9.10. The summed E-state index contributed by atoms with van der Waals surface area (Å²) >= 11 is 4.75. The number of aromatic nitrogens is 1. The Morgan fingerprint density at radius 1 is 1.06 bits per heavy atom. The first-order valence-electron chi connectivity index (χ1n) is 10.1. The fraction of sp³-hybridized carbons (Fsp3) is 0.120. The van der Waals surface area contributed by atoms with Crippen LogP contribution in [0.1, 0.15) is 21.5 Å². The zero-order chi connectivity index (χ0) is 22.5. The summed E-state index contributed by atoms with van der Waals surface area (Å²) in [5.41, 5.74) is 4.51. The molecule has 3 aromatic carbocycles. The van der Waals surface area contributed by atoms with Crippen LogP contribution < -0.4 is 10.6 Å². The highest BCUT2D eigenvalue weighted by Gasteiger charge is 2.17. The summed E-state index contributed by atoms with van der Waals surface area (Å²) in [6.45, 7) is 2.55. The molecule has 0 atom stereocenters. The molecule has 4 rings (SSSR count). The monoisotopic (exact) mass is 509 g/mol. The third kappa shape index (κ3) is 5.41. The van der Waals surface area contributed by atoms with Crippen molar-refractivity contribution in [2.24, 2.45) is 0 Å². The lowest BCUT2D eigenvalue weighted by atomic mass is 10.1. The van der Waals surface area contributed by atoms with Crippen LogP contribution in [0.5, 0.6) is 0 Å². The van der Waals surface area contributed by atoms with E-state index >= 15 is 0 Å². The Bertz CT molecular complexity index is 1220. The quantitative estimate of drug-likeness (QED) is 0.284. The van der Waals surface area contributed by atoms with Gasteiger partial charge in [-0.3, -0.25) is 10.1 Å². The second-order valence-electron chi connectivity index (χ2n) is 7.32. The summed E-state index contributed by atoms with van der Waals surface area (Å²) in [5.74, 6) is -0.865. The fourth-order valence-electron chi connectivity index (χ4n) is 3.23. The number of para-hydroxylation sites is 1. The highest BCUT2D eigenvalue weighted by atomic mass is 79.9. The number of amides is 1. The van der Waals surface area contributed by atoms with Crippen LogP contribution in [0.3, 0.4) is 0 Å². The fourth-order valence-corrected chi connectivity index (χ4v) is 4.21. The minimum Gasteiger partial charge on any atom is -0.382 e. The maximum atomic E-state index is 14.5. The van der Waals surface area contributed by atoms with E-state index in [9.17, 15) is 9.18 Å². The highest BCUT2D eigenvalue weighted by Crippen LogP contribution is 2.27. The van der Waals surface area contributed by atoms with Gasteiger partial charge in [0.25, 0.3) is 5.91 Å². The first kappa shape index (κ1) is 22.2. The molecule has 162 valence electrons. The maximum Gasteiger partial charge on any atom is 0.259 e. The Labute approximate surface area is 198 Å². The number of benzene rings is 3. The molecule has 1 aromatic heterocycles. The number of carbonyl (C=O) groups is 1. The van der Waals surface area contributed by atoms with Gasteiger partial charge in [0.15, 0.2) is 5.13 Å². The van der Waals surface area contributed by atoms with Gasteiger partial charge in [0.2, 0.25) is 0 Å². The van der Waals surface area contributed by atoms with Gasteiger partial charge in [0, 0.05) is 22.0 Å². The molecule has 32 heavy (non-hydrogen) atoms. The average molecular weight is 510 g/mol. The van der Waals surface area contributed by atoms with Gasteiger partial charge in [-0.25, -0.2) is 9.37 Å². The van der Waals surface area contributed by atoms with Crippen LogP contribution >= 0.6 is 27.3 Å². The van der Waals surface area contributed by atoms with Crippen molar-refractivity contribution >= 4 is 44.0 Å². The molecule has 7 heteroatoms. The molecule has 0 saturated carbocycles. The molecule has 0 spiro atoms. The third-order valence-electron chi connectivity index (χ3n) is 4.96. The summed E-state index contributed by atoms with van der Waals surface area (Å²) in [6.07, 6.45) is 0.721. The number of halogens is 2. The molecular formula is C25H21BrFN3OS. The molecule has 2 N–H and O–H groups in total. The van der Waals surface area contributed by atoms with E-state index in [1.165, 1.54) is 29.0 Å². The lowest BCUT2D eigenvalue weighted by Crippen LogP contribution is -2.17. The molecule has 0 radical (unpaired) electrons. The minimum absolute atomic E-state index is 0.196. The zero-order valence-corrected chi connectivity index (χ0v) is 19.8. The number of anilines is 2. The summed E-state index contributed by atoms with van der Waals surface area (Å²) in [7, 11) is 0. The van der Waals surface area contributed by atoms with Crippen LogP contribution in [-0.2, 0) is 6.42 Å². The Morgan fingerprint density at radius 3 is 2.56 bits per heavy atom. The molecule has 0 aliphatic rings. The number of hydrogen-bond donors (Lipinski definition) is 2. The van der Waals surface area contributed by atoms with Crippen LogP contribution in [0, 0.1) is 12.7 Å². The van der Waals surface area contributed by atoms with Crippen molar-refractivity contribution in [1.82, 2.24) is 4.98 Å². The van der Waals surface area contributed by atoms with E-state index in [0.29, 0.717) is 11.7 Å². The van der Waals surface area contributed by atoms with Crippen LogP contribution in [0.4, 0.5) is 15.2 Å². The van der Waals surface area contributed by atoms with Crippen molar-refractivity contribution in [3.05, 3.63) is 99.1 Å². The van der Waals surface area contributed by atoms with Gasteiger partial charge < -0.3 is 5.32 Å². The molecule has 0 unspecified atom stereocenters. The number of aryl methyl sites for hydroxylation is 1. The molecular weight excluding hydrogens is 489 g/mol. The van der Waals surface area contributed by atoms with Crippen LogP contribution in [0.15, 0.2) is 76.6 Å². The summed E-state index contributed by atoms with van der Waals surface area (Å²) in [4.78, 5) is 17.4. The van der Waals surface area contributed by atoms with Gasteiger partial charge >= 0.3 is 0 Å². The SMILES string of the molecule is Cc1ccc(CCNc2c(F)cccc2C(=O)Nc2nc(-c3ccc(Br)cc3)cs2)cc1. The van der Waals surface area contributed by atoms with Crippen molar-refractivity contribution in [3.8, 4) is 11.3 Å². The minimum atomic E-state index is -0.462. The van der Waals surface area contributed by atoms with Crippen molar-refractivity contribution in [2.45, 2.75) is 13.3 Å². The van der Waals surface area contributed by atoms with Crippen molar-refractivity contribution in [3.63, 3.8) is 0 Å². The topological polar surface area (TPSA) is 54.0 Å². The van der Waals surface area contributed by atoms with Gasteiger partial charge in [-0.15, -0.1) is 11.3 Å². The zero-order valence-electron chi connectivity index (χ0n) is 17.4. The van der Waals surface area contributed by atoms with Crippen molar-refractivity contribution in [1.29, 1.82) is 0 Å². The number of hydrogen-bond acceptors (Lipinski definition) is 4. The van der Waals surface area contributed by atoms with E-state index in [1.807, 2.05) is 48.7 Å². The Kier molecular flexibility index (Phi) is 6.97. The van der Waals surface area contributed by atoms with Gasteiger partial charge in [-0.1, -0.05) is 64.0 Å². The number of nitrogens with zero attached hydrogens (tertiary/aromatic N) is 1. The van der Waals surface area contributed by atoms with E-state index in [0.717, 1.165) is 27.7 Å². The second kappa shape index (κ2) is 10.1. The molecule has 1 heterocycles. The molecule has 0 aliphatic carbocycles. The van der Waals surface area contributed by atoms with Crippen molar-refractivity contribution in [2.75, 3.05) is 17.2 Å². The van der Waals surface area contributed by atoms with E-state index in [1.54, 1.807) is 6.07 Å². The molecule has 1 amide bonds. The number of thiazole rings is 1. The molecule has 4 aromatic rings. The van der Waals surface area contributed by atoms with Gasteiger partial charge in [0.1, 0.15) is 5.82 Å². The van der Waals surface area contributed by atoms with Crippen LogP contribution in [0.2, 0.25) is 0 Å². The van der Waals surface area contributed by atoms with E-state index in [2.05, 4.69) is 43.7 Å². The number of rotatable bonds is 7. The molecule has 0 saturated heterocycles. The predicted molar refractivity (Wildman–Crippen MR) is 133 cm³/mol. The lowest BCUT2D eigenvalue weighted by molar-refractivity contribution is 0.102.